The second kappa shape index (κ2) is 7.15. The molecule has 0 heterocycles. The zero-order valence-corrected chi connectivity index (χ0v) is 13.6. The molecule has 0 fully saturated rings. The highest BCUT2D eigenvalue weighted by atomic mass is 16.5. The number of hydrogen-bond acceptors (Lipinski definition) is 4. The van der Waals surface area contributed by atoms with E-state index < -0.39 is 12.0 Å². The number of methoxy groups -OCH3 is 1. The summed E-state index contributed by atoms with van der Waals surface area (Å²) in [5, 5.41) is 8.89. The molecule has 2 rings (SSSR count). The predicted molar refractivity (Wildman–Crippen MR) is 92.1 cm³/mol. The van der Waals surface area contributed by atoms with Gasteiger partial charge in [-0.3, -0.25) is 4.79 Å². The lowest BCUT2D eigenvalue weighted by Crippen LogP contribution is -2.32. The van der Waals surface area contributed by atoms with Gasteiger partial charge in [0.05, 0.1) is 7.11 Å². The Morgan fingerprint density at radius 1 is 1.22 bits per heavy atom. The normalized spacial score (nSPS) is 11.8. The molecule has 0 radical (unpaired) electrons. The zero-order chi connectivity index (χ0) is 17.0. The van der Waals surface area contributed by atoms with Gasteiger partial charge in [0.15, 0.2) is 0 Å². The summed E-state index contributed by atoms with van der Waals surface area (Å²) in [4.78, 5) is 12.9. The third-order valence-electron chi connectivity index (χ3n) is 3.72. The molecule has 0 aliphatic heterocycles. The van der Waals surface area contributed by atoms with Gasteiger partial charge in [-0.05, 0) is 29.7 Å². The smallest absolute Gasteiger partial charge is 0.320 e. The highest BCUT2D eigenvalue weighted by molar-refractivity contribution is 5.84. The number of rotatable bonds is 6. The van der Waals surface area contributed by atoms with Crippen LogP contribution in [-0.2, 0) is 11.2 Å². The van der Waals surface area contributed by atoms with Crippen molar-refractivity contribution in [3.63, 3.8) is 0 Å². The maximum absolute atomic E-state index is 10.8. The quantitative estimate of drug-likeness (QED) is 0.856. The van der Waals surface area contributed by atoms with Crippen LogP contribution in [0.1, 0.15) is 5.56 Å². The first-order chi connectivity index (χ1) is 10.9. The standard InChI is InChI=1S/C18H22N2O3/c1-20(2)15-5-4-6-16(23-3)17(15)13-9-7-12(8-10-13)11-14(19)18(21)22/h4-10,14H,11,19H2,1-3H3,(H,21,22)/t14-/m0/s1. The summed E-state index contributed by atoms with van der Waals surface area (Å²) in [5.41, 5.74) is 9.55. The van der Waals surface area contributed by atoms with Crippen molar-refractivity contribution in [3.05, 3.63) is 48.0 Å². The Hall–Kier alpha value is -2.53. The monoisotopic (exact) mass is 314 g/mol. The highest BCUT2D eigenvalue weighted by Gasteiger charge is 2.15. The number of aliphatic carboxylic acids is 1. The number of carboxylic acids is 1. The molecular formula is C18H22N2O3. The van der Waals surface area contributed by atoms with E-state index in [-0.39, 0.29) is 0 Å². The Labute approximate surface area is 136 Å². The molecule has 0 saturated carbocycles. The predicted octanol–water partition coefficient (Wildman–Crippen LogP) is 2.38. The Bertz CT molecular complexity index is 681. The molecule has 0 aliphatic carbocycles. The number of nitrogens with two attached hydrogens (primary N) is 1. The molecule has 0 aliphatic rings. The van der Waals surface area contributed by atoms with Gasteiger partial charge in [0.1, 0.15) is 11.8 Å². The third kappa shape index (κ3) is 3.81. The maximum atomic E-state index is 10.8. The van der Waals surface area contributed by atoms with Crippen molar-refractivity contribution < 1.29 is 14.6 Å². The molecule has 2 aromatic carbocycles. The molecule has 0 aromatic heterocycles. The number of carboxylic acid groups (broad SMARTS) is 1. The van der Waals surface area contributed by atoms with E-state index in [4.69, 9.17) is 15.6 Å². The van der Waals surface area contributed by atoms with Gasteiger partial charge in [0.25, 0.3) is 0 Å². The van der Waals surface area contributed by atoms with Crippen LogP contribution in [0.5, 0.6) is 5.75 Å². The zero-order valence-electron chi connectivity index (χ0n) is 13.6. The molecule has 0 saturated heterocycles. The number of benzene rings is 2. The van der Waals surface area contributed by atoms with Gasteiger partial charge in [-0.2, -0.15) is 0 Å². The summed E-state index contributed by atoms with van der Waals surface area (Å²) in [6.45, 7) is 0. The second-order valence-corrected chi connectivity index (χ2v) is 5.59. The first-order valence-corrected chi connectivity index (χ1v) is 7.36. The molecule has 0 spiro atoms. The van der Waals surface area contributed by atoms with Crippen LogP contribution in [0.3, 0.4) is 0 Å². The van der Waals surface area contributed by atoms with Gasteiger partial charge in [0, 0.05) is 25.3 Å². The van der Waals surface area contributed by atoms with Crippen molar-refractivity contribution in [1.82, 2.24) is 0 Å². The van der Waals surface area contributed by atoms with Crippen molar-refractivity contribution in [2.45, 2.75) is 12.5 Å². The minimum absolute atomic E-state index is 0.308. The average molecular weight is 314 g/mol. The summed E-state index contributed by atoms with van der Waals surface area (Å²) in [5.74, 6) is -0.195. The molecule has 3 N–H and O–H groups in total. The fraction of sp³-hybridized carbons (Fsp3) is 0.278. The molecule has 0 amide bonds. The number of hydrogen-bond donors (Lipinski definition) is 2. The Kier molecular flexibility index (Phi) is 5.24. The van der Waals surface area contributed by atoms with Gasteiger partial charge < -0.3 is 20.5 Å². The first kappa shape index (κ1) is 16.8. The molecule has 5 nitrogen and oxygen atoms in total. The Balaban J connectivity index is 2.38. The van der Waals surface area contributed by atoms with Crippen molar-refractivity contribution in [2.24, 2.45) is 5.73 Å². The Morgan fingerprint density at radius 3 is 2.39 bits per heavy atom. The molecule has 2 aromatic rings. The highest BCUT2D eigenvalue weighted by Crippen LogP contribution is 2.38. The summed E-state index contributed by atoms with van der Waals surface area (Å²) in [6.07, 6.45) is 0.308. The van der Waals surface area contributed by atoms with Crippen LogP contribution in [0.4, 0.5) is 5.69 Å². The average Bonchev–Trinajstić information content (AvgIpc) is 2.54. The summed E-state index contributed by atoms with van der Waals surface area (Å²) < 4.78 is 5.49. The topological polar surface area (TPSA) is 75.8 Å². The fourth-order valence-corrected chi connectivity index (χ4v) is 2.50. The Morgan fingerprint density at radius 2 is 1.87 bits per heavy atom. The minimum atomic E-state index is -0.992. The van der Waals surface area contributed by atoms with E-state index in [1.165, 1.54) is 0 Å². The van der Waals surface area contributed by atoms with Crippen molar-refractivity contribution >= 4 is 11.7 Å². The second-order valence-electron chi connectivity index (χ2n) is 5.59. The SMILES string of the molecule is COc1cccc(N(C)C)c1-c1ccc(C[C@H](N)C(=O)O)cc1. The van der Waals surface area contributed by atoms with Gasteiger partial charge in [0.2, 0.25) is 0 Å². The summed E-state index contributed by atoms with van der Waals surface area (Å²) in [6, 6.07) is 12.8. The van der Waals surface area contributed by atoms with Crippen molar-refractivity contribution in [2.75, 3.05) is 26.1 Å². The molecule has 5 heteroatoms. The van der Waals surface area contributed by atoms with Gasteiger partial charge in [-0.1, -0.05) is 30.3 Å². The molecule has 23 heavy (non-hydrogen) atoms. The summed E-state index contributed by atoms with van der Waals surface area (Å²) in [7, 11) is 5.62. The largest absolute Gasteiger partial charge is 0.496 e. The van der Waals surface area contributed by atoms with Crippen LogP contribution < -0.4 is 15.4 Å². The van der Waals surface area contributed by atoms with Crippen LogP contribution in [-0.4, -0.2) is 38.3 Å². The van der Waals surface area contributed by atoms with Gasteiger partial charge in [-0.25, -0.2) is 0 Å². The van der Waals surface area contributed by atoms with Gasteiger partial charge >= 0.3 is 5.97 Å². The van der Waals surface area contributed by atoms with Gasteiger partial charge in [-0.15, -0.1) is 0 Å². The first-order valence-electron chi connectivity index (χ1n) is 7.36. The van der Waals surface area contributed by atoms with E-state index >= 15 is 0 Å². The molecule has 122 valence electrons. The lowest BCUT2D eigenvalue weighted by Gasteiger charge is -2.20. The fourth-order valence-electron chi connectivity index (χ4n) is 2.50. The lowest BCUT2D eigenvalue weighted by molar-refractivity contribution is -0.138. The van der Waals surface area contributed by atoms with E-state index in [9.17, 15) is 4.79 Å². The van der Waals surface area contributed by atoms with Crippen molar-refractivity contribution in [3.8, 4) is 16.9 Å². The molecule has 0 bridgehead atoms. The molecule has 1 atom stereocenters. The lowest BCUT2D eigenvalue weighted by atomic mass is 9.98. The van der Waals surface area contributed by atoms with Crippen LogP contribution in [0.25, 0.3) is 11.1 Å². The van der Waals surface area contributed by atoms with E-state index in [1.54, 1.807) is 7.11 Å². The van der Waals surface area contributed by atoms with Crippen molar-refractivity contribution in [1.29, 1.82) is 0 Å². The van der Waals surface area contributed by atoms with Crippen LogP contribution >= 0.6 is 0 Å². The van der Waals surface area contributed by atoms with E-state index in [2.05, 4.69) is 0 Å². The number of carbonyl (C=O) groups is 1. The number of anilines is 1. The van der Waals surface area contributed by atoms with Crippen LogP contribution in [0, 0.1) is 0 Å². The van der Waals surface area contributed by atoms with E-state index in [1.807, 2.05) is 61.5 Å². The number of nitrogens with zero attached hydrogens (tertiary/aromatic N) is 1. The molecule has 0 unspecified atom stereocenters. The summed E-state index contributed by atoms with van der Waals surface area (Å²) >= 11 is 0. The van der Waals surface area contributed by atoms with Crippen LogP contribution in [0.2, 0.25) is 0 Å². The van der Waals surface area contributed by atoms with E-state index in [0.29, 0.717) is 6.42 Å². The van der Waals surface area contributed by atoms with E-state index in [0.717, 1.165) is 28.1 Å². The van der Waals surface area contributed by atoms with Crippen LogP contribution in [0.15, 0.2) is 42.5 Å². The minimum Gasteiger partial charge on any atom is -0.496 e. The molecular weight excluding hydrogens is 292 g/mol. The number of ether oxygens (including phenoxy) is 1. The third-order valence-corrected chi connectivity index (χ3v) is 3.72. The maximum Gasteiger partial charge on any atom is 0.320 e.